The Hall–Kier alpha value is -3.40. The van der Waals surface area contributed by atoms with E-state index in [9.17, 15) is 9.59 Å². The average Bonchev–Trinajstić information content (AvgIpc) is 2.67. The number of rotatable bonds is 6. The monoisotopic (exact) mass is 332 g/mol. The van der Waals surface area contributed by atoms with Crippen molar-refractivity contribution in [1.82, 2.24) is 0 Å². The second-order valence-electron chi connectivity index (χ2n) is 5.51. The number of benzene rings is 3. The fourth-order valence-corrected chi connectivity index (χ4v) is 2.37. The van der Waals surface area contributed by atoms with Gasteiger partial charge in [-0.25, -0.2) is 4.79 Å². The number of carboxylic acid groups (broad SMARTS) is 1. The molecule has 0 aromatic heterocycles. The molecule has 4 heteroatoms. The van der Waals surface area contributed by atoms with Gasteiger partial charge in [-0.15, -0.1) is 0 Å². The van der Waals surface area contributed by atoms with E-state index >= 15 is 0 Å². The van der Waals surface area contributed by atoms with Gasteiger partial charge in [-0.05, 0) is 42.0 Å². The molecule has 0 spiro atoms. The Morgan fingerprint density at radius 3 is 1.80 bits per heavy atom. The van der Waals surface area contributed by atoms with E-state index in [2.05, 4.69) is 0 Å². The molecule has 0 fully saturated rings. The molecule has 4 nitrogen and oxygen atoms in total. The van der Waals surface area contributed by atoms with Crippen LogP contribution in [0.5, 0.6) is 5.75 Å². The number of hydrogen-bond acceptors (Lipinski definition) is 3. The molecule has 0 unspecified atom stereocenters. The number of aromatic carboxylic acids is 1. The first-order valence-electron chi connectivity index (χ1n) is 7.78. The van der Waals surface area contributed by atoms with Gasteiger partial charge in [-0.1, -0.05) is 42.5 Å². The molecule has 0 atom stereocenters. The first-order valence-corrected chi connectivity index (χ1v) is 7.78. The molecule has 0 bridgehead atoms. The molecule has 0 heterocycles. The van der Waals surface area contributed by atoms with Crippen molar-refractivity contribution >= 4 is 11.8 Å². The number of hydrogen-bond donors (Lipinski definition) is 1. The zero-order valence-electron chi connectivity index (χ0n) is 13.4. The fraction of sp³-hybridized carbons (Fsp3) is 0.0476. The van der Waals surface area contributed by atoms with E-state index in [-0.39, 0.29) is 11.3 Å². The highest BCUT2D eigenvalue weighted by molar-refractivity contribution is 6.09. The smallest absolute Gasteiger partial charge is 0.335 e. The quantitative estimate of drug-likeness (QED) is 0.687. The van der Waals surface area contributed by atoms with Crippen molar-refractivity contribution in [2.75, 3.05) is 0 Å². The van der Waals surface area contributed by atoms with E-state index in [0.717, 1.165) is 5.56 Å². The van der Waals surface area contributed by atoms with E-state index in [1.165, 1.54) is 24.3 Å². The minimum Gasteiger partial charge on any atom is -0.489 e. The maximum Gasteiger partial charge on any atom is 0.335 e. The molecule has 3 aromatic rings. The molecule has 25 heavy (non-hydrogen) atoms. The standard InChI is InChI=1S/C21H16O4/c22-20(16-6-8-18(9-7-16)21(23)24)17-10-12-19(13-11-17)25-14-15-4-2-1-3-5-15/h1-13H,14H2,(H,23,24). The van der Waals surface area contributed by atoms with Crippen molar-refractivity contribution < 1.29 is 19.4 Å². The van der Waals surface area contributed by atoms with Crippen molar-refractivity contribution in [1.29, 1.82) is 0 Å². The van der Waals surface area contributed by atoms with E-state index in [1.54, 1.807) is 24.3 Å². The number of ketones is 1. The summed E-state index contributed by atoms with van der Waals surface area (Å²) in [4.78, 5) is 23.3. The number of carboxylic acids is 1. The van der Waals surface area contributed by atoms with Crippen LogP contribution in [0.25, 0.3) is 0 Å². The summed E-state index contributed by atoms with van der Waals surface area (Å²) in [6.07, 6.45) is 0. The highest BCUT2D eigenvalue weighted by Crippen LogP contribution is 2.17. The van der Waals surface area contributed by atoms with Gasteiger partial charge in [0.05, 0.1) is 5.56 Å². The predicted molar refractivity (Wildman–Crippen MR) is 94.0 cm³/mol. The molecule has 3 rings (SSSR count). The Kier molecular flexibility index (Phi) is 4.90. The van der Waals surface area contributed by atoms with Crippen LogP contribution < -0.4 is 4.74 Å². The van der Waals surface area contributed by atoms with Crippen molar-refractivity contribution in [3.8, 4) is 5.75 Å². The predicted octanol–water partition coefficient (Wildman–Crippen LogP) is 4.19. The molecule has 0 aliphatic carbocycles. The van der Waals surface area contributed by atoms with E-state index in [0.29, 0.717) is 23.5 Å². The highest BCUT2D eigenvalue weighted by Gasteiger charge is 2.10. The summed E-state index contributed by atoms with van der Waals surface area (Å²) in [6.45, 7) is 0.463. The van der Waals surface area contributed by atoms with Crippen LogP contribution in [0.1, 0.15) is 31.8 Å². The molecular formula is C21H16O4. The normalized spacial score (nSPS) is 10.2. The maximum absolute atomic E-state index is 12.4. The summed E-state index contributed by atoms with van der Waals surface area (Å²) in [6, 6.07) is 22.6. The van der Waals surface area contributed by atoms with Crippen molar-refractivity contribution in [2.45, 2.75) is 6.61 Å². The van der Waals surface area contributed by atoms with Gasteiger partial charge in [0.1, 0.15) is 12.4 Å². The molecular weight excluding hydrogens is 316 g/mol. The van der Waals surface area contributed by atoms with Gasteiger partial charge >= 0.3 is 5.97 Å². The van der Waals surface area contributed by atoms with Gasteiger partial charge in [-0.3, -0.25) is 4.79 Å². The van der Waals surface area contributed by atoms with Crippen molar-refractivity contribution in [3.63, 3.8) is 0 Å². The van der Waals surface area contributed by atoms with Gasteiger partial charge in [0.15, 0.2) is 5.78 Å². The van der Waals surface area contributed by atoms with Crippen LogP contribution in [0.2, 0.25) is 0 Å². The molecule has 0 aliphatic heterocycles. The topological polar surface area (TPSA) is 63.6 Å². The lowest BCUT2D eigenvalue weighted by Gasteiger charge is -2.07. The van der Waals surface area contributed by atoms with Crippen LogP contribution in [0.15, 0.2) is 78.9 Å². The Bertz CT molecular complexity index is 866. The van der Waals surface area contributed by atoms with Gasteiger partial charge in [0.25, 0.3) is 0 Å². The zero-order valence-corrected chi connectivity index (χ0v) is 13.4. The van der Waals surface area contributed by atoms with Gasteiger partial charge in [-0.2, -0.15) is 0 Å². The lowest BCUT2D eigenvalue weighted by Crippen LogP contribution is -2.03. The number of carbonyl (C=O) groups excluding carboxylic acids is 1. The third-order valence-corrected chi connectivity index (χ3v) is 3.76. The first kappa shape index (κ1) is 16.5. The Morgan fingerprint density at radius 1 is 0.720 bits per heavy atom. The second kappa shape index (κ2) is 7.45. The van der Waals surface area contributed by atoms with Crippen LogP contribution >= 0.6 is 0 Å². The second-order valence-corrected chi connectivity index (χ2v) is 5.51. The summed E-state index contributed by atoms with van der Waals surface area (Å²) >= 11 is 0. The summed E-state index contributed by atoms with van der Waals surface area (Å²) in [7, 11) is 0. The van der Waals surface area contributed by atoms with Crippen LogP contribution in [0.3, 0.4) is 0 Å². The first-order chi connectivity index (χ1) is 12.1. The van der Waals surface area contributed by atoms with Gasteiger partial charge in [0, 0.05) is 11.1 Å². The fourth-order valence-electron chi connectivity index (χ4n) is 2.37. The number of carbonyl (C=O) groups is 2. The molecule has 124 valence electrons. The molecule has 0 radical (unpaired) electrons. The lowest BCUT2D eigenvalue weighted by atomic mass is 10.0. The van der Waals surface area contributed by atoms with Crippen LogP contribution in [-0.4, -0.2) is 16.9 Å². The van der Waals surface area contributed by atoms with Crippen molar-refractivity contribution in [2.24, 2.45) is 0 Å². The summed E-state index contributed by atoms with van der Waals surface area (Å²) in [5.41, 5.74) is 2.19. The van der Waals surface area contributed by atoms with Crippen LogP contribution in [0.4, 0.5) is 0 Å². The van der Waals surface area contributed by atoms with E-state index in [4.69, 9.17) is 9.84 Å². The molecule has 1 N–H and O–H groups in total. The lowest BCUT2D eigenvalue weighted by molar-refractivity contribution is 0.0696. The van der Waals surface area contributed by atoms with Gasteiger partial charge < -0.3 is 9.84 Å². The molecule has 0 saturated carbocycles. The number of ether oxygens (including phenoxy) is 1. The average molecular weight is 332 g/mol. The van der Waals surface area contributed by atoms with E-state index in [1.807, 2.05) is 30.3 Å². The molecule has 0 amide bonds. The van der Waals surface area contributed by atoms with Crippen LogP contribution in [0, 0.1) is 0 Å². The molecule has 0 saturated heterocycles. The minimum atomic E-state index is -1.01. The summed E-state index contributed by atoms with van der Waals surface area (Å²) < 4.78 is 5.70. The van der Waals surface area contributed by atoms with Gasteiger partial charge in [0.2, 0.25) is 0 Å². The zero-order chi connectivity index (χ0) is 17.6. The Morgan fingerprint density at radius 2 is 1.24 bits per heavy atom. The highest BCUT2D eigenvalue weighted by atomic mass is 16.5. The maximum atomic E-state index is 12.4. The summed E-state index contributed by atoms with van der Waals surface area (Å²) in [5, 5.41) is 8.90. The third-order valence-electron chi connectivity index (χ3n) is 3.76. The Balaban J connectivity index is 1.67. The minimum absolute atomic E-state index is 0.154. The van der Waals surface area contributed by atoms with E-state index < -0.39 is 5.97 Å². The Labute approximate surface area is 145 Å². The summed E-state index contributed by atoms with van der Waals surface area (Å²) in [5.74, 6) is -0.493. The molecule has 0 aliphatic rings. The molecule has 3 aromatic carbocycles. The third kappa shape index (κ3) is 4.12. The SMILES string of the molecule is O=C(O)c1ccc(C(=O)c2ccc(OCc3ccccc3)cc2)cc1. The van der Waals surface area contributed by atoms with Crippen molar-refractivity contribution in [3.05, 3.63) is 101 Å². The largest absolute Gasteiger partial charge is 0.489 e. The van der Waals surface area contributed by atoms with Crippen LogP contribution in [-0.2, 0) is 6.61 Å².